The minimum atomic E-state index is 0.307. The maximum Gasteiger partial charge on any atom is 0.223 e. The number of aromatic nitrogens is 1. The second-order valence-electron chi connectivity index (χ2n) is 5.13. The lowest BCUT2D eigenvalue weighted by atomic mass is 10.1. The maximum absolute atomic E-state index is 11.6. The standard InChI is InChI=1S/C13H18N4O/c1-9-6-10(14)7-15-13(9)16-4-5-17-11(8-16)2-3-12(17)18/h6-7,11H,2-5,8,14H2,1H3. The molecule has 2 fully saturated rings. The number of aryl methyl sites for hydroxylation is 1. The SMILES string of the molecule is Cc1cc(N)cnc1N1CCN2C(=O)CCC2C1. The normalized spacial score (nSPS) is 23.4. The number of hydrogen-bond donors (Lipinski definition) is 1. The van der Waals surface area contributed by atoms with Crippen molar-refractivity contribution in [3.05, 3.63) is 17.8 Å². The molecule has 0 aliphatic carbocycles. The van der Waals surface area contributed by atoms with Crippen molar-refractivity contribution in [2.24, 2.45) is 0 Å². The summed E-state index contributed by atoms with van der Waals surface area (Å²) in [5.74, 6) is 1.31. The summed E-state index contributed by atoms with van der Waals surface area (Å²) in [6.07, 6.45) is 3.38. The van der Waals surface area contributed by atoms with Gasteiger partial charge < -0.3 is 15.5 Å². The van der Waals surface area contributed by atoms with Crippen LogP contribution in [0.2, 0.25) is 0 Å². The number of rotatable bonds is 1. The van der Waals surface area contributed by atoms with Crippen molar-refractivity contribution in [1.82, 2.24) is 9.88 Å². The van der Waals surface area contributed by atoms with Gasteiger partial charge in [-0.2, -0.15) is 0 Å². The molecule has 5 nitrogen and oxygen atoms in total. The van der Waals surface area contributed by atoms with Gasteiger partial charge in [0.2, 0.25) is 5.91 Å². The fourth-order valence-electron chi connectivity index (χ4n) is 2.98. The Morgan fingerprint density at radius 1 is 1.44 bits per heavy atom. The molecule has 1 aromatic heterocycles. The summed E-state index contributed by atoms with van der Waals surface area (Å²) < 4.78 is 0. The third kappa shape index (κ3) is 1.79. The van der Waals surface area contributed by atoms with E-state index in [2.05, 4.69) is 9.88 Å². The number of piperazine rings is 1. The fraction of sp³-hybridized carbons (Fsp3) is 0.538. The molecule has 3 heterocycles. The largest absolute Gasteiger partial charge is 0.397 e. The van der Waals surface area contributed by atoms with E-state index in [4.69, 9.17) is 5.73 Å². The van der Waals surface area contributed by atoms with E-state index >= 15 is 0 Å². The zero-order valence-electron chi connectivity index (χ0n) is 10.6. The van der Waals surface area contributed by atoms with Gasteiger partial charge in [0, 0.05) is 32.1 Å². The summed E-state index contributed by atoms with van der Waals surface area (Å²) in [5.41, 5.74) is 7.53. The minimum Gasteiger partial charge on any atom is -0.397 e. The second kappa shape index (κ2) is 4.15. The van der Waals surface area contributed by atoms with Crippen molar-refractivity contribution < 1.29 is 4.79 Å². The van der Waals surface area contributed by atoms with E-state index in [9.17, 15) is 4.79 Å². The van der Waals surface area contributed by atoms with Gasteiger partial charge in [0.1, 0.15) is 5.82 Å². The van der Waals surface area contributed by atoms with Crippen molar-refractivity contribution >= 4 is 17.4 Å². The van der Waals surface area contributed by atoms with Gasteiger partial charge in [-0.3, -0.25) is 4.79 Å². The van der Waals surface area contributed by atoms with Gasteiger partial charge in [-0.05, 0) is 25.0 Å². The van der Waals surface area contributed by atoms with Gasteiger partial charge in [-0.1, -0.05) is 0 Å². The summed E-state index contributed by atoms with van der Waals surface area (Å²) in [5, 5.41) is 0. The quantitative estimate of drug-likeness (QED) is 0.795. The molecule has 2 aliphatic heterocycles. The molecule has 18 heavy (non-hydrogen) atoms. The average Bonchev–Trinajstić information content (AvgIpc) is 2.71. The Hall–Kier alpha value is -1.78. The zero-order valence-corrected chi connectivity index (χ0v) is 10.6. The first kappa shape index (κ1) is 11.3. The van der Waals surface area contributed by atoms with E-state index in [1.54, 1.807) is 6.20 Å². The van der Waals surface area contributed by atoms with E-state index in [0.717, 1.165) is 37.4 Å². The van der Waals surface area contributed by atoms with Gasteiger partial charge in [-0.25, -0.2) is 4.98 Å². The van der Waals surface area contributed by atoms with Crippen LogP contribution in [0, 0.1) is 6.92 Å². The summed E-state index contributed by atoms with van der Waals surface area (Å²) in [4.78, 5) is 20.4. The first-order valence-corrected chi connectivity index (χ1v) is 6.41. The third-order valence-electron chi connectivity index (χ3n) is 3.87. The molecule has 5 heteroatoms. The van der Waals surface area contributed by atoms with Crippen LogP contribution in [-0.2, 0) is 4.79 Å². The van der Waals surface area contributed by atoms with Gasteiger partial charge in [0.25, 0.3) is 0 Å². The molecule has 3 rings (SSSR count). The number of carbonyl (C=O) groups excluding carboxylic acids is 1. The Labute approximate surface area is 107 Å². The lowest BCUT2D eigenvalue weighted by Gasteiger charge is -2.38. The van der Waals surface area contributed by atoms with E-state index in [0.29, 0.717) is 24.1 Å². The maximum atomic E-state index is 11.6. The molecule has 0 bridgehead atoms. The van der Waals surface area contributed by atoms with Crippen molar-refractivity contribution in [1.29, 1.82) is 0 Å². The molecular formula is C13H18N4O. The number of pyridine rings is 1. The molecule has 2 saturated heterocycles. The third-order valence-corrected chi connectivity index (χ3v) is 3.87. The highest BCUT2D eigenvalue weighted by molar-refractivity contribution is 5.79. The van der Waals surface area contributed by atoms with Gasteiger partial charge in [-0.15, -0.1) is 0 Å². The lowest BCUT2D eigenvalue weighted by molar-refractivity contribution is -0.129. The summed E-state index contributed by atoms with van der Waals surface area (Å²) >= 11 is 0. The van der Waals surface area contributed by atoms with Crippen LogP contribution in [0.15, 0.2) is 12.3 Å². The van der Waals surface area contributed by atoms with E-state index < -0.39 is 0 Å². The van der Waals surface area contributed by atoms with Gasteiger partial charge in [0.05, 0.1) is 11.9 Å². The molecule has 0 saturated carbocycles. The molecule has 0 aromatic carbocycles. The monoisotopic (exact) mass is 246 g/mol. The summed E-state index contributed by atoms with van der Waals surface area (Å²) in [6, 6.07) is 2.32. The first-order valence-electron chi connectivity index (χ1n) is 6.41. The van der Waals surface area contributed by atoms with Crippen LogP contribution < -0.4 is 10.6 Å². The molecule has 1 amide bonds. The highest BCUT2D eigenvalue weighted by atomic mass is 16.2. The number of hydrogen-bond acceptors (Lipinski definition) is 4. The molecule has 1 unspecified atom stereocenters. The Bertz CT molecular complexity index is 488. The molecule has 2 N–H and O–H groups in total. The van der Waals surface area contributed by atoms with E-state index in [1.165, 1.54) is 0 Å². The molecule has 96 valence electrons. The van der Waals surface area contributed by atoms with Crippen LogP contribution in [0.25, 0.3) is 0 Å². The Kier molecular flexibility index (Phi) is 2.61. The molecule has 2 aliphatic rings. The molecule has 1 atom stereocenters. The fourth-order valence-corrected chi connectivity index (χ4v) is 2.98. The minimum absolute atomic E-state index is 0.307. The van der Waals surface area contributed by atoms with Crippen LogP contribution in [-0.4, -0.2) is 41.5 Å². The Morgan fingerprint density at radius 2 is 2.28 bits per heavy atom. The number of nitrogen functional groups attached to an aromatic ring is 1. The predicted molar refractivity (Wildman–Crippen MR) is 70.3 cm³/mol. The average molecular weight is 246 g/mol. The second-order valence-corrected chi connectivity index (χ2v) is 5.13. The van der Waals surface area contributed by atoms with Crippen molar-refractivity contribution in [3.8, 4) is 0 Å². The molecule has 0 spiro atoms. The van der Waals surface area contributed by atoms with E-state index in [1.807, 2.05) is 17.9 Å². The highest BCUT2D eigenvalue weighted by Gasteiger charge is 2.35. The number of fused-ring (bicyclic) bond motifs is 1. The topological polar surface area (TPSA) is 62.5 Å². The van der Waals surface area contributed by atoms with Crippen molar-refractivity contribution in [3.63, 3.8) is 0 Å². The predicted octanol–water partition coefficient (Wildman–Crippen LogP) is 0.783. The van der Waals surface area contributed by atoms with Crippen LogP contribution >= 0.6 is 0 Å². The van der Waals surface area contributed by atoms with Crippen molar-refractivity contribution in [2.75, 3.05) is 30.3 Å². The van der Waals surface area contributed by atoms with Crippen LogP contribution in [0.1, 0.15) is 18.4 Å². The summed E-state index contributed by atoms with van der Waals surface area (Å²) in [6.45, 7) is 4.60. The van der Waals surface area contributed by atoms with Crippen LogP contribution in [0.3, 0.4) is 0 Å². The number of nitrogens with zero attached hydrogens (tertiary/aromatic N) is 3. The number of carbonyl (C=O) groups is 1. The number of amides is 1. The van der Waals surface area contributed by atoms with Crippen molar-refractivity contribution in [2.45, 2.75) is 25.8 Å². The first-order chi connectivity index (χ1) is 8.65. The Morgan fingerprint density at radius 3 is 3.06 bits per heavy atom. The highest BCUT2D eigenvalue weighted by Crippen LogP contribution is 2.27. The van der Waals surface area contributed by atoms with E-state index in [-0.39, 0.29) is 0 Å². The molecule has 1 aromatic rings. The molecular weight excluding hydrogens is 228 g/mol. The smallest absolute Gasteiger partial charge is 0.223 e. The Balaban J connectivity index is 1.80. The van der Waals surface area contributed by atoms with Crippen LogP contribution in [0.5, 0.6) is 0 Å². The van der Waals surface area contributed by atoms with Gasteiger partial charge >= 0.3 is 0 Å². The lowest BCUT2D eigenvalue weighted by Crippen LogP contribution is -2.51. The zero-order chi connectivity index (χ0) is 12.7. The number of nitrogens with two attached hydrogens (primary N) is 1. The van der Waals surface area contributed by atoms with Crippen LogP contribution in [0.4, 0.5) is 11.5 Å². The van der Waals surface area contributed by atoms with Gasteiger partial charge in [0.15, 0.2) is 0 Å². The summed E-state index contributed by atoms with van der Waals surface area (Å²) in [7, 11) is 0. The number of anilines is 2. The molecule has 0 radical (unpaired) electrons.